The number of anilines is 3. The zero-order valence-electron chi connectivity index (χ0n) is 17.0. The molecule has 2 heterocycles. The summed E-state index contributed by atoms with van der Waals surface area (Å²) < 4.78 is 20.1. The molecular weight excluding hydrogens is 429 g/mol. The van der Waals surface area contributed by atoms with Crippen molar-refractivity contribution in [1.29, 1.82) is 0 Å². The quantitative estimate of drug-likeness (QED) is 0.419. The van der Waals surface area contributed by atoms with Gasteiger partial charge in [0.2, 0.25) is 11.9 Å². The van der Waals surface area contributed by atoms with Crippen molar-refractivity contribution in [3.05, 3.63) is 94.8 Å². The second-order valence-corrected chi connectivity index (χ2v) is 7.78. The minimum atomic E-state index is -0.401. The average Bonchev–Trinajstić information content (AvgIpc) is 2.82. The minimum Gasteiger partial charge on any atom is -0.424 e. The molecular formula is C24H19ClFN5O. The summed E-state index contributed by atoms with van der Waals surface area (Å²) in [4.78, 5) is 15.5. The van der Waals surface area contributed by atoms with Gasteiger partial charge in [-0.15, -0.1) is 0 Å². The van der Waals surface area contributed by atoms with Crippen molar-refractivity contribution in [3.63, 3.8) is 0 Å². The smallest absolute Gasteiger partial charge is 0.328 e. The van der Waals surface area contributed by atoms with Gasteiger partial charge < -0.3 is 15.0 Å². The molecule has 4 aromatic rings. The number of rotatable bonds is 5. The lowest BCUT2D eigenvalue weighted by atomic mass is 10.0. The van der Waals surface area contributed by atoms with Crippen LogP contribution in [0, 0.1) is 5.82 Å². The van der Waals surface area contributed by atoms with Gasteiger partial charge in [-0.1, -0.05) is 48.0 Å². The zero-order valence-corrected chi connectivity index (χ0v) is 17.8. The van der Waals surface area contributed by atoms with Crippen LogP contribution in [0.1, 0.15) is 11.1 Å². The molecule has 0 saturated heterocycles. The van der Waals surface area contributed by atoms with E-state index in [9.17, 15) is 4.39 Å². The van der Waals surface area contributed by atoms with E-state index in [-0.39, 0.29) is 17.6 Å². The van der Waals surface area contributed by atoms with Crippen molar-refractivity contribution in [2.24, 2.45) is 0 Å². The van der Waals surface area contributed by atoms with Crippen LogP contribution in [0.4, 0.5) is 22.0 Å². The van der Waals surface area contributed by atoms with E-state index >= 15 is 0 Å². The Morgan fingerprint density at radius 3 is 2.44 bits per heavy atom. The zero-order chi connectivity index (χ0) is 21.9. The number of ether oxygens (including phenoxy) is 1. The van der Waals surface area contributed by atoms with Crippen molar-refractivity contribution < 1.29 is 9.13 Å². The number of hydrogen-bond donors (Lipinski definition) is 1. The summed E-state index contributed by atoms with van der Waals surface area (Å²) in [6, 6.07) is 21.7. The summed E-state index contributed by atoms with van der Waals surface area (Å²) in [5.41, 5.74) is 2.81. The van der Waals surface area contributed by atoms with Gasteiger partial charge in [0.25, 0.3) is 0 Å². The van der Waals surface area contributed by atoms with E-state index in [1.165, 1.54) is 17.2 Å². The van der Waals surface area contributed by atoms with Crippen molar-refractivity contribution in [1.82, 2.24) is 15.0 Å². The molecule has 0 spiro atoms. The first kappa shape index (κ1) is 20.2. The molecule has 0 fully saturated rings. The Hall–Kier alpha value is -3.71. The fourth-order valence-corrected chi connectivity index (χ4v) is 3.67. The standard InChI is InChI=1S/C24H19ClFN5O/c25-18-9-11-19(12-10-18)32-24-29-22(27-21-8-4-3-7-20(21)26)28-23(30-24)31-14-13-16-5-1-2-6-17(16)15-31/h1-12H,13-15H2,(H,27,28,29,30). The van der Waals surface area contributed by atoms with Gasteiger partial charge in [-0.2, -0.15) is 15.0 Å². The van der Waals surface area contributed by atoms with Gasteiger partial charge in [-0.25, -0.2) is 4.39 Å². The summed E-state index contributed by atoms with van der Waals surface area (Å²) in [6.07, 6.45) is 0.880. The Labute approximate surface area is 189 Å². The third kappa shape index (κ3) is 4.48. The normalized spacial score (nSPS) is 12.9. The van der Waals surface area contributed by atoms with E-state index in [2.05, 4.69) is 37.3 Å². The van der Waals surface area contributed by atoms with Gasteiger partial charge in [0.1, 0.15) is 11.6 Å². The van der Waals surface area contributed by atoms with Crippen LogP contribution in [0.5, 0.6) is 11.8 Å². The van der Waals surface area contributed by atoms with E-state index in [1.807, 2.05) is 12.1 Å². The topological polar surface area (TPSA) is 63.2 Å². The van der Waals surface area contributed by atoms with Crippen LogP contribution in [0.3, 0.4) is 0 Å². The molecule has 32 heavy (non-hydrogen) atoms. The Bertz CT molecular complexity index is 1250. The second kappa shape index (κ2) is 8.80. The van der Waals surface area contributed by atoms with Crippen LogP contribution in [0.15, 0.2) is 72.8 Å². The predicted molar refractivity (Wildman–Crippen MR) is 122 cm³/mol. The average molecular weight is 448 g/mol. The Balaban J connectivity index is 1.49. The highest BCUT2D eigenvalue weighted by Gasteiger charge is 2.21. The number of halogens is 2. The molecule has 0 saturated carbocycles. The number of fused-ring (bicyclic) bond motifs is 1. The molecule has 1 aliphatic rings. The van der Waals surface area contributed by atoms with Crippen molar-refractivity contribution in [2.45, 2.75) is 13.0 Å². The van der Waals surface area contributed by atoms with Crippen LogP contribution in [-0.2, 0) is 13.0 Å². The van der Waals surface area contributed by atoms with Crippen molar-refractivity contribution in [2.75, 3.05) is 16.8 Å². The maximum Gasteiger partial charge on any atom is 0.328 e. The summed E-state index contributed by atoms with van der Waals surface area (Å²) in [7, 11) is 0. The molecule has 160 valence electrons. The largest absolute Gasteiger partial charge is 0.424 e. The van der Waals surface area contributed by atoms with Gasteiger partial charge in [0, 0.05) is 18.1 Å². The van der Waals surface area contributed by atoms with Gasteiger partial charge in [-0.05, 0) is 53.9 Å². The molecule has 5 rings (SSSR count). The van der Waals surface area contributed by atoms with Gasteiger partial charge in [0.05, 0.1) is 5.69 Å². The first-order chi connectivity index (χ1) is 15.6. The van der Waals surface area contributed by atoms with Crippen LogP contribution in [0.25, 0.3) is 0 Å². The fraction of sp³-hybridized carbons (Fsp3) is 0.125. The van der Waals surface area contributed by atoms with E-state index in [4.69, 9.17) is 16.3 Å². The molecule has 6 nitrogen and oxygen atoms in total. The highest BCUT2D eigenvalue weighted by atomic mass is 35.5. The molecule has 8 heteroatoms. The van der Waals surface area contributed by atoms with Crippen LogP contribution >= 0.6 is 11.6 Å². The van der Waals surface area contributed by atoms with E-state index in [1.54, 1.807) is 42.5 Å². The molecule has 0 amide bonds. The lowest BCUT2D eigenvalue weighted by Crippen LogP contribution is -2.32. The predicted octanol–water partition coefficient (Wildman–Crippen LogP) is 5.76. The molecule has 1 aromatic heterocycles. The molecule has 3 aromatic carbocycles. The number of hydrogen-bond acceptors (Lipinski definition) is 6. The maximum absolute atomic E-state index is 14.2. The molecule has 0 bridgehead atoms. The van der Waals surface area contributed by atoms with E-state index in [0.29, 0.717) is 23.3 Å². The maximum atomic E-state index is 14.2. The molecule has 0 aliphatic carbocycles. The third-order valence-electron chi connectivity index (χ3n) is 5.16. The van der Waals surface area contributed by atoms with Crippen molar-refractivity contribution >= 4 is 29.2 Å². The molecule has 1 aliphatic heterocycles. The van der Waals surface area contributed by atoms with Gasteiger partial charge in [-0.3, -0.25) is 0 Å². The highest BCUT2D eigenvalue weighted by Crippen LogP contribution is 2.27. The van der Waals surface area contributed by atoms with Crippen LogP contribution < -0.4 is 15.0 Å². The molecule has 0 atom stereocenters. The lowest BCUT2D eigenvalue weighted by Gasteiger charge is -2.29. The molecule has 0 radical (unpaired) electrons. The third-order valence-corrected chi connectivity index (χ3v) is 5.41. The summed E-state index contributed by atoms with van der Waals surface area (Å²) in [6.45, 7) is 1.42. The number of aromatic nitrogens is 3. The second-order valence-electron chi connectivity index (χ2n) is 7.34. The van der Waals surface area contributed by atoms with Gasteiger partial charge in [0.15, 0.2) is 0 Å². The first-order valence-electron chi connectivity index (χ1n) is 10.2. The Kier molecular flexibility index (Phi) is 5.56. The number of nitrogens with zero attached hydrogens (tertiary/aromatic N) is 4. The first-order valence-corrected chi connectivity index (χ1v) is 10.5. The number of nitrogens with one attached hydrogen (secondary N) is 1. The summed E-state index contributed by atoms with van der Waals surface area (Å²) >= 11 is 5.96. The SMILES string of the molecule is Fc1ccccc1Nc1nc(Oc2ccc(Cl)cc2)nc(N2CCc3ccccc3C2)n1. The summed E-state index contributed by atoms with van der Waals surface area (Å²) in [5, 5.41) is 3.54. The van der Waals surface area contributed by atoms with Crippen LogP contribution in [-0.4, -0.2) is 21.5 Å². The fourth-order valence-electron chi connectivity index (χ4n) is 3.55. The van der Waals surface area contributed by atoms with Gasteiger partial charge >= 0.3 is 6.01 Å². The highest BCUT2D eigenvalue weighted by molar-refractivity contribution is 6.30. The Morgan fingerprint density at radius 2 is 1.62 bits per heavy atom. The van der Waals surface area contributed by atoms with Crippen LogP contribution in [0.2, 0.25) is 5.02 Å². The molecule has 1 N–H and O–H groups in total. The minimum absolute atomic E-state index is 0.107. The van der Waals surface area contributed by atoms with Crippen molar-refractivity contribution in [3.8, 4) is 11.8 Å². The van der Waals surface area contributed by atoms with E-state index < -0.39 is 5.82 Å². The summed E-state index contributed by atoms with van der Waals surface area (Å²) in [5.74, 6) is 0.786. The lowest BCUT2D eigenvalue weighted by molar-refractivity contribution is 0.439. The Morgan fingerprint density at radius 1 is 0.875 bits per heavy atom. The number of para-hydroxylation sites is 1. The molecule has 0 unspecified atom stereocenters. The number of benzene rings is 3. The monoisotopic (exact) mass is 447 g/mol. The van der Waals surface area contributed by atoms with E-state index in [0.717, 1.165) is 13.0 Å².